The molecule has 1 aromatic rings. The lowest BCUT2D eigenvalue weighted by Crippen LogP contribution is -2.21. The van der Waals surface area contributed by atoms with Gasteiger partial charge >= 0.3 is 0 Å². The molecule has 1 aliphatic carbocycles. The molecule has 1 aromatic heterocycles. The molecule has 0 radical (unpaired) electrons. The number of aromatic nitrogens is 3. The molecule has 1 aliphatic rings. The van der Waals surface area contributed by atoms with Crippen molar-refractivity contribution in [2.75, 3.05) is 24.3 Å². The van der Waals surface area contributed by atoms with E-state index < -0.39 is 0 Å². The van der Waals surface area contributed by atoms with Gasteiger partial charge in [-0.05, 0) is 36.3 Å². The Bertz CT molecular complexity index is 432. The van der Waals surface area contributed by atoms with Crippen LogP contribution in [0.25, 0.3) is 0 Å². The molecular formula is C12H20ClN5. The van der Waals surface area contributed by atoms with Gasteiger partial charge in [-0.25, -0.2) is 0 Å². The van der Waals surface area contributed by atoms with Crippen LogP contribution in [0.15, 0.2) is 0 Å². The lowest BCUT2D eigenvalue weighted by Gasteiger charge is -2.18. The Balaban J connectivity index is 2.10. The third kappa shape index (κ3) is 3.22. The van der Waals surface area contributed by atoms with Crippen molar-refractivity contribution in [1.29, 1.82) is 0 Å². The Labute approximate surface area is 113 Å². The average Bonchev–Trinajstić information content (AvgIpc) is 2.57. The van der Waals surface area contributed by atoms with Gasteiger partial charge in [-0.1, -0.05) is 13.8 Å². The van der Waals surface area contributed by atoms with Gasteiger partial charge in [-0.15, -0.1) is 0 Å². The Kier molecular flexibility index (Phi) is 3.61. The van der Waals surface area contributed by atoms with Crippen molar-refractivity contribution in [3.05, 3.63) is 5.28 Å². The van der Waals surface area contributed by atoms with Gasteiger partial charge in [0, 0.05) is 20.1 Å². The maximum absolute atomic E-state index is 5.91. The maximum Gasteiger partial charge on any atom is 0.230 e. The van der Waals surface area contributed by atoms with Gasteiger partial charge in [-0.2, -0.15) is 15.0 Å². The smallest absolute Gasteiger partial charge is 0.230 e. The first-order chi connectivity index (χ1) is 8.35. The summed E-state index contributed by atoms with van der Waals surface area (Å²) >= 11 is 5.91. The van der Waals surface area contributed by atoms with Crippen molar-refractivity contribution >= 4 is 23.5 Å². The largest absolute Gasteiger partial charge is 0.351 e. The summed E-state index contributed by atoms with van der Waals surface area (Å²) in [4.78, 5) is 14.4. The average molecular weight is 270 g/mol. The standard InChI is InChI=1S/C12H20ClN5/c1-12(2)6-5-8(7-12)14-10-15-9(13)16-11(17-10)18(3)4/h8H,5-7H2,1-4H3,(H,14,15,16,17). The van der Waals surface area contributed by atoms with Crippen molar-refractivity contribution in [2.45, 2.75) is 39.2 Å². The van der Waals surface area contributed by atoms with Crippen LogP contribution in [0.1, 0.15) is 33.1 Å². The summed E-state index contributed by atoms with van der Waals surface area (Å²) in [6.45, 7) is 4.58. The van der Waals surface area contributed by atoms with E-state index in [0.29, 0.717) is 23.4 Å². The van der Waals surface area contributed by atoms with Gasteiger partial charge in [0.1, 0.15) is 0 Å². The summed E-state index contributed by atoms with van der Waals surface area (Å²) in [5.41, 5.74) is 0.402. The molecule has 2 rings (SSSR count). The van der Waals surface area contributed by atoms with E-state index in [1.165, 1.54) is 6.42 Å². The molecule has 6 heteroatoms. The number of nitrogens with zero attached hydrogens (tertiary/aromatic N) is 4. The zero-order valence-electron chi connectivity index (χ0n) is 11.4. The van der Waals surface area contributed by atoms with Crippen LogP contribution in [0.5, 0.6) is 0 Å². The Hall–Kier alpha value is -1.10. The quantitative estimate of drug-likeness (QED) is 0.914. The highest BCUT2D eigenvalue weighted by Crippen LogP contribution is 2.38. The van der Waals surface area contributed by atoms with E-state index >= 15 is 0 Å². The minimum absolute atomic E-state index is 0.230. The zero-order valence-corrected chi connectivity index (χ0v) is 12.1. The topological polar surface area (TPSA) is 53.9 Å². The van der Waals surface area contributed by atoms with Crippen LogP contribution < -0.4 is 10.2 Å². The van der Waals surface area contributed by atoms with Crippen molar-refractivity contribution < 1.29 is 0 Å². The number of rotatable bonds is 3. The highest BCUT2D eigenvalue weighted by molar-refractivity contribution is 6.28. The van der Waals surface area contributed by atoms with Gasteiger partial charge in [-0.3, -0.25) is 0 Å². The molecule has 1 saturated carbocycles. The predicted octanol–water partition coefficient (Wildman–Crippen LogP) is 2.58. The van der Waals surface area contributed by atoms with E-state index in [4.69, 9.17) is 11.6 Å². The first-order valence-corrected chi connectivity index (χ1v) is 6.59. The summed E-state index contributed by atoms with van der Waals surface area (Å²) < 4.78 is 0. The first-order valence-electron chi connectivity index (χ1n) is 6.21. The minimum Gasteiger partial charge on any atom is -0.351 e. The van der Waals surface area contributed by atoms with Gasteiger partial charge in [0.15, 0.2) is 0 Å². The Morgan fingerprint density at radius 1 is 1.28 bits per heavy atom. The third-order valence-corrected chi connectivity index (χ3v) is 3.47. The fraction of sp³-hybridized carbons (Fsp3) is 0.750. The SMILES string of the molecule is CN(C)c1nc(Cl)nc(NC2CCC(C)(C)C2)n1. The van der Waals surface area contributed by atoms with Gasteiger partial charge in [0.2, 0.25) is 17.2 Å². The number of hydrogen-bond acceptors (Lipinski definition) is 5. The van der Waals surface area contributed by atoms with Crippen molar-refractivity contribution in [2.24, 2.45) is 5.41 Å². The van der Waals surface area contributed by atoms with E-state index in [9.17, 15) is 0 Å². The lowest BCUT2D eigenvalue weighted by molar-refractivity contribution is 0.378. The van der Waals surface area contributed by atoms with Gasteiger partial charge in [0.25, 0.3) is 0 Å². The first kappa shape index (κ1) is 13.3. The highest BCUT2D eigenvalue weighted by atomic mass is 35.5. The van der Waals surface area contributed by atoms with Gasteiger partial charge < -0.3 is 10.2 Å². The third-order valence-electron chi connectivity index (χ3n) is 3.30. The fourth-order valence-corrected chi connectivity index (χ4v) is 2.50. The lowest BCUT2D eigenvalue weighted by atomic mass is 9.92. The van der Waals surface area contributed by atoms with E-state index in [2.05, 4.69) is 34.1 Å². The molecule has 100 valence electrons. The van der Waals surface area contributed by atoms with E-state index in [1.807, 2.05) is 19.0 Å². The van der Waals surface area contributed by atoms with Crippen molar-refractivity contribution in [3.8, 4) is 0 Å². The predicted molar refractivity (Wildman–Crippen MR) is 74.2 cm³/mol. The molecule has 1 heterocycles. The molecule has 1 N–H and O–H groups in total. The molecule has 0 amide bonds. The molecule has 18 heavy (non-hydrogen) atoms. The van der Waals surface area contributed by atoms with E-state index in [1.54, 1.807) is 0 Å². The second-order valence-electron chi connectivity index (χ2n) is 5.87. The maximum atomic E-state index is 5.91. The summed E-state index contributed by atoms with van der Waals surface area (Å²) in [5, 5.41) is 3.59. The second-order valence-corrected chi connectivity index (χ2v) is 6.21. The van der Waals surface area contributed by atoms with Crippen molar-refractivity contribution in [1.82, 2.24) is 15.0 Å². The second kappa shape index (κ2) is 4.88. The van der Waals surface area contributed by atoms with Crippen LogP contribution in [-0.2, 0) is 0 Å². The van der Waals surface area contributed by atoms with Crippen LogP contribution in [0.4, 0.5) is 11.9 Å². The zero-order chi connectivity index (χ0) is 13.3. The molecule has 1 fully saturated rings. The van der Waals surface area contributed by atoms with Crippen LogP contribution >= 0.6 is 11.6 Å². The summed E-state index contributed by atoms with van der Waals surface area (Å²) in [6, 6.07) is 0.425. The number of hydrogen-bond donors (Lipinski definition) is 1. The van der Waals surface area contributed by atoms with Crippen LogP contribution in [0, 0.1) is 5.41 Å². The molecule has 0 spiro atoms. The molecule has 1 unspecified atom stereocenters. The van der Waals surface area contributed by atoms with Crippen LogP contribution in [-0.4, -0.2) is 35.1 Å². The molecular weight excluding hydrogens is 250 g/mol. The molecule has 0 aliphatic heterocycles. The van der Waals surface area contributed by atoms with E-state index in [-0.39, 0.29) is 5.28 Å². The van der Waals surface area contributed by atoms with Crippen LogP contribution in [0.2, 0.25) is 5.28 Å². The number of halogens is 1. The Morgan fingerprint density at radius 2 is 2.00 bits per heavy atom. The molecule has 0 saturated heterocycles. The monoisotopic (exact) mass is 269 g/mol. The normalized spacial score (nSPS) is 21.9. The number of nitrogens with one attached hydrogen (secondary N) is 1. The molecule has 0 bridgehead atoms. The van der Waals surface area contributed by atoms with Gasteiger partial charge in [0.05, 0.1) is 0 Å². The van der Waals surface area contributed by atoms with Crippen LogP contribution in [0.3, 0.4) is 0 Å². The minimum atomic E-state index is 0.230. The molecule has 0 aromatic carbocycles. The fourth-order valence-electron chi connectivity index (χ4n) is 2.35. The molecule has 5 nitrogen and oxygen atoms in total. The number of anilines is 2. The highest BCUT2D eigenvalue weighted by Gasteiger charge is 2.31. The molecule has 1 atom stereocenters. The summed E-state index contributed by atoms with van der Waals surface area (Å²) in [6.07, 6.45) is 3.51. The summed E-state index contributed by atoms with van der Waals surface area (Å²) in [7, 11) is 3.77. The Morgan fingerprint density at radius 3 is 2.56 bits per heavy atom. The van der Waals surface area contributed by atoms with E-state index in [0.717, 1.165) is 12.8 Å². The van der Waals surface area contributed by atoms with Crippen molar-refractivity contribution in [3.63, 3.8) is 0 Å². The summed E-state index contributed by atoms with van der Waals surface area (Å²) in [5.74, 6) is 1.15.